The van der Waals surface area contributed by atoms with E-state index in [1.54, 1.807) is 6.92 Å². The molecule has 0 aliphatic rings. The number of hydrogen-bond acceptors (Lipinski definition) is 2. The Kier molecular flexibility index (Phi) is 6.34. The van der Waals surface area contributed by atoms with Crippen LogP contribution in [-0.4, -0.2) is 17.7 Å². The molecule has 0 saturated carbocycles. The van der Waals surface area contributed by atoms with E-state index >= 15 is 0 Å². The highest BCUT2D eigenvalue weighted by Gasteiger charge is 2.16. The van der Waals surface area contributed by atoms with Gasteiger partial charge in [-0.2, -0.15) is 0 Å². The Labute approximate surface area is 109 Å². The average Bonchev–Trinajstić information content (AvgIpc) is 2.35. The van der Waals surface area contributed by atoms with Crippen molar-refractivity contribution in [3.63, 3.8) is 0 Å². The minimum absolute atomic E-state index is 0.242. The molecule has 0 fully saturated rings. The van der Waals surface area contributed by atoms with Crippen LogP contribution in [-0.2, 0) is 15.5 Å². The molecule has 3 nitrogen and oxygen atoms in total. The molecule has 0 saturated heterocycles. The zero-order chi connectivity index (χ0) is 13.4. The summed E-state index contributed by atoms with van der Waals surface area (Å²) >= 11 is 0. The van der Waals surface area contributed by atoms with Crippen molar-refractivity contribution in [2.45, 2.75) is 26.2 Å². The van der Waals surface area contributed by atoms with Crippen LogP contribution < -0.4 is 0 Å². The standard InChI is InChI=1S/C14H21O3P/c1-3-13-8-10-14(11-9-13)7-5-6-12-18(15,16)17-4-2/h3,8-11H,1,4-7,12H2,2H3,(H,15,16). The third-order valence-electron chi connectivity index (χ3n) is 2.70. The van der Waals surface area contributed by atoms with Crippen LogP contribution in [0.3, 0.4) is 0 Å². The smallest absolute Gasteiger partial charge is 0.324 e. The zero-order valence-electron chi connectivity index (χ0n) is 10.8. The summed E-state index contributed by atoms with van der Waals surface area (Å²) in [6.07, 6.45) is 4.57. The van der Waals surface area contributed by atoms with Crippen molar-refractivity contribution in [1.29, 1.82) is 0 Å². The molecule has 1 aromatic rings. The number of hydrogen-bond donors (Lipinski definition) is 1. The van der Waals surface area contributed by atoms with Crippen molar-refractivity contribution >= 4 is 13.7 Å². The summed E-state index contributed by atoms with van der Waals surface area (Å²) in [5.41, 5.74) is 2.35. The van der Waals surface area contributed by atoms with Crippen molar-refractivity contribution in [3.8, 4) is 0 Å². The van der Waals surface area contributed by atoms with Crippen LogP contribution in [0.15, 0.2) is 30.8 Å². The second-order valence-electron chi connectivity index (χ2n) is 4.18. The minimum Gasteiger partial charge on any atom is -0.324 e. The van der Waals surface area contributed by atoms with Crippen LogP contribution in [0.4, 0.5) is 0 Å². The van der Waals surface area contributed by atoms with Crippen LogP contribution in [0.2, 0.25) is 0 Å². The maximum Gasteiger partial charge on any atom is 0.328 e. The van der Waals surface area contributed by atoms with E-state index in [2.05, 4.69) is 18.7 Å². The molecule has 0 amide bonds. The van der Waals surface area contributed by atoms with E-state index in [0.717, 1.165) is 18.4 Å². The lowest BCUT2D eigenvalue weighted by Crippen LogP contribution is -1.95. The number of unbranched alkanes of at least 4 members (excludes halogenated alkanes) is 1. The van der Waals surface area contributed by atoms with Gasteiger partial charge in [-0.15, -0.1) is 0 Å². The molecule has 0 aliphatic heterocycles. The molecular formula is C14H21O3P. The quantitative estimate of drug-likeness (QED) is 0.575. The molecule has 1 N–H and O–H groups in total. The highest BCUT2D eigenvalue weighted by molar-refractivity contribution is 7.52. The molecule has 1 unspecified atom stereocenters. The molecule has 0 heterocycles. The lowest BCUT2D eigenvalue weighted by molar-refractivity contribution is 0.273. The summed E-state index contributed by atoms with van der Waals surface area (Å²) in [7, 11) is -3.34. The van der Waals surface area contributed by atoms with E-state index in [-0.39, 0.29) is 12.8 Å². The summed E-state index contributed by atoms with van der Waals surface area (Å²) in [6.45, 7) is 5.72. The van der Waals surface area contributed by atoms with Gasteiger partial charge in [0.1, 0.15) is 0 Å². The molecule has 4 heteroatoms. The summed E-state index contributed by atoms with van der Waals surface area (Å²) in [4.78, 5) is 9.40. The van der Waals surface area contributed by atoms with E-state index in [4.69, 9.17) is 4.52 Å². The minimum atomic E-state index is -3.34. The lowest BCUT2D eigenvalue weighted by atomic mass is 10.1. The van der Waals surface area contributed by atoms with Gasteiger partial charge in [-0.25, -0.2) is 0 Å². The Bertz CT molecular complexity index is 412. The van der Waals surface area contributed by atoms with E-state index < -0.39 is 7.60 Å². The molecular weight excluding hydrogens is 247 g/mol. The second kappa shape index (κ2) is 7.52. The second-order valence-corrected chi connectivity index (χ2v) is 6.16. The third kappa shape index (κ3) is 5.63. The van der Waals surface area contributed by atoms with Gasteiger partial charge in [0.15, 0.2) is 0 Å². The predicted octanol–water partition coefficient (Wildman–Crippen LogP) is 3.87. The lowest BCUT2D eigenvalue weighted by Gasteiger charge is -2.10. The van der Waals surface area contributed by atoms with E-state index in [0.29, 0.717) is 6.42 Å². The van der Waals surface area contributed by atoms with Crippen molar-refractivity contribution in [3.05, 3.63) is 42.0 Å². The fourth-order valence-electron chi connectivity index (χ4n) is 1.73. The third-order valence-corrected chi connectivity index (χ3v) is 4.25. The summed E-state index contributed by atoms with van der Waals surface area (Å²) in [5, 5.41) is 0. The number of rotatable bonds is 8. The van der Waals surface area contributed by atoms with E-state index in [9.17, 15) is 9.46 Å². The highest BCUT2D eigenvalue weighted by Crippen LogP contribution is 2.42. The average molecular weight is 268 g/mol. The summed E-state index contributed by atoms with van der Waals surface area (Å²) in [5.74, 6) is 0. The predicted molar refractivity (Wildman–Crippen MR) is 75.8 cm³/mol. The van der Waals surface area contributed by atoms with Gasteiger partial charge in [0.25, 0.3) is 0 Å². The first-order valence-electron chi connectivity index (χ1n) is 6.25. The van der Waals surface area contributed by atoms with Gasteiger partial charge in [0, 0.05) is 6.16 Å². The first kappa shape index (κ1) is 15.2. The Hall–Kier alpha value is -0.890. The van der Waals surface area contributed by atoms with Gasteiger partial charge < -0.3 is 9.42 Å². The van der Waals surface area contributed by atoms with Gasteiger partial charge in [-0.1, -0.05) is 36.9 Å². The van der Waals surface area contributed by atoms with Gasteiger partial charge in [0.2, 0.25) is 0 Å². The van der Waals surface area contributed by atoms with Crippen molar-refractivity contribution in [2.75, 3.05) is 12.8 Å². The number of benzene rings is 1. The Morgan fingerprint density at radius 1 is 1.33 bits per heavy atom. The van der Waals surface area contributed by atoms with Crippen LogP contribution in [0, 0.1) is 0 Å². The van der Waals surface area contributed by atoms with Gasteiger partial charge in [0.05, 0.1) is 6.61 Å². The highest BCUT2D eigenvalue weighted by atomic mass is 31.2. The molecule has 1 atom stereocenters. The van der Waals surface area contributed by atoms with Gasteiger partial charge in [-0.3, -0.25) is 4.57 Å². The van der Waals surface area contributed by atoms with Crippen molar-refractivity contribution < 1.29 is 14.0 Å². The Morgan fingerprint density at radius 2 is 2.00 bits per heavy atom. The molecule has 0 aromatic heterocycles. The SMILES string of the molecule is C=Cc1ccc(CCCCP(=O)(O)OCC)cc1. The molecule has 1 aromatic carbocycles. The molecule has 0 spiro atoms. The van der Waals surface area contributed by atoms with Gasteiger partial charge in [-0.05, 0) is 37.3 Å². The van der Waals surface area contributed by atoms with Crippen LogP contribution in [0.25, 0.3) is 6.08 Å². The molecule has 0 radical (unpaired) electrons. The summed E-state index contributed by atoms with van der Waals surface area (Å²) in [6, 6.07) is 8.19. The fraction of sp³-hybridized carbons (Fsp3) is 0.429. The first-order valence-corrected chi connectivity index (χ1v) is 8.01. The fourth-order valence-corrected chi connectivity index (χ4v) is 2.88. The molecule has 0 bridgehead atoms. The van der Waals surface area contributed by atoms with Gasteiger partial charge >= 0.3 is 7.60 Å². The van der Waals surface area contributed by atoms with Crippen LogP contribution in [0.5, 0.6) is 0 Å². The van der Waals surface area contributed by atoms with Crippen molar-refractivity contribution in [2.24, 2.45) is 0 Å². The molecule has 1 rings (SSSR count). The molecule has 18 heavy (non-hydrogen) atoms. The topological polar surface area (TPSA) is 46.5 Å². The zero-order valence-corrected chi connectivity index (χ0v) is 11.7. The maximum atomic E-state index is 11.4. The van der Waals surface area contributed by atoms with Crippen molar-refractivity contribution in [1.82, 2.24) is 0 Å². The maximum absolute atomic E-state index is 11.4. The van der Waals surface area contributed by atoms with Crippen LogP contribution in [0.1, 0.15) is 30.9 Å². The molecule has 100 valence electrons. The Morgan fingerprint density at radius 3 is 2.56 bits per heavy atom. The monoisotopic (exact) mass is 268 g/mol. The molecule has 0 aliphatic carbocycles. The van der Waals surface area contributed by atoms with E-state index in [1.165, 1.54) is 5.56 Å². The summed E-state index contributed by atoms with van der Waals surface area (Å²) < 4.78 is 16.2. The van der Waals surface area contributed by atoms with E-state index in [1.807, 2.05) is 18.2 Å². The normalized spacial score (nSPS) is 14.1. The number of aryl methyl sites for hydroxylation is 1. The first-order chi connectivity index (χ1) is 8.57. The Balaban J connectivity index is 2.29. The largest absolute Gasteiger partial charge is 0.328 e. The van der Waals surface area contributed by atoms with Crippen LogP contribution >= 0.6 is 7.60 Å².